The summed E-state index contributed by atoms with van der Waals surface area (Å²) >= 11 is 0. The van der Waals surface area contributed by atoms with Crippen LogP contribution in [0.2, 0.25) is 0 Å². The summed E-state index contributed by atoms with van der Waals surface area (Å²) in [5, 5.41) is 2.99. The molecule has 3 N–H and O–H groups in total. The number of hydrogen-bond acceptors (Lipinski definition) is 3. The maximum atomic E-state index is 11.7. The molecule has 18 heavy (non-hydrogen) atoms. The smallest absolute Gasteiger partial charge is 0.220 e. The summed E-state index contributed by atoms with van der Waals surface area (Å²) < 4.78 is 0. The molecule has 1 amide bonds. The topological polar surface area (TPSA) is 58.4 Å². The summed E-state index contributed by atoms with van der Waals surface area (Å²) in [6.45, 7) is 7.93. The summed E-state index contributed by atoms with van der Waals surface area (Å²) in [5.74, 6) is 1.32. The van der Waals surface area contributed by atoms with Gasteiger partial charge in [-0.05, 0) is 52.2 Å². The molecule has 2 atom stereocenters. The fraction of sp³-hybridized carbons (Fsp3) is 0.929. The van der Waals surface area contributed by atoms with Crippen molar-refractivity contribution in [3.05, 3.63) is 0 Å². The van der Waals surface area contributed by atoms with Crippen molar-refractivity contribution in [1.29, 1.82) is 0 Å². The maximum Gasteiger partial charge on any atom is 0.220 e. The molecule has 0 saturated carbocycles. The van der Waals surface area contributed by atoms with Crippen LogP contribution in [0.5, 0.6) is 0 Å². The highest BCUT2D eigenvalue weighted by atomic mass is 16.1. The second kappa shape index (κ2) is 9.34. The van der Waals surface area contributed by atoms with Crippen LogP contribution in [0.4, 0.5) is 0 Å². The zero-order valence-corrected chi connectivity index (χ0v) is 12.7. The van der Waals surface area contributed by atoms with Gasteiger partial charge < -0.3 is 16.0 Å². The summed E-state index contributed by atoms with van der Waals surface area (Å²) in [5.41, 5.74) is 5.60. The molecule has 0 saturated heterocycles. The van der Waals surface area contributed by atoms with E-state index in [4.69, 9.17) is 5.73 Å². The molecule has 0 radical (unpaired) electrons. The van der Waals surface area contributed by atoms with E-state index in [1.165, 1.54) is 0 Å². The van der Waals surface area contributed by atoms with Crippen LogP contribution >= 0.6 is 0 Å². The number of carbonyl (C=O) groups is 1. The van der Waals surface area contributed by atoms with E-state index in [2.05, 4.69) is 31.0 Å². The highest BCUT2D eigenvalue weighted by molar-refractivity contribution is 5.75. The molecule has 0 aliphatic rings. The quantitative estimate of drug-likeness (QED) is 0.657. The van der Waals surface area contributed by atoms with Gasteiger partial charge in [0, 0.05) is 19.0 Å². The van der Waals surface area contributed by atoms with Gasteiger partial charge in [-0.15, -0.1) is 0 Å². The largest absolute Gasteiger partial charge is 0.355 e. The first kappa shape index (κ1) is 17.4. The van der Waals surface area contributed by atoms with Crippen molar-refractivity contribution in [3.8, 4) is 0 Å². The number of nitrogens with two attached hydrogens (primary N) is 1. The van der Waals surface area contributed by atoms with E-state index in [1.807, 2.05) is 14.1 Å². The first-order valence-electron chi connectivity index (χ1n) is 7.01. The van der Waals surface area contributed by atoms with Crippen molar-refractivity contribution in [2.24, 2.45) is 17.6 Å². The number of rotatable bonds is 9. The fourth-order valence-corrected chi connectivity index (χ4v) is 1.87. The minimum Gasteiger partial charge on any atom is -0.355 e. The number of nitrogens with one attached hydrogen (secondary N) is 1. The SMILES string of the molecule is CC(C)C(CCN)CCC(=O)NCC(C)N(C)C. The number of likely N-dealkylation sites (N-methyl/N-ethyl adjacent to an activating group) is 1. The van der Waals surface area contributed by atoms with Crippen molar-refractivity contribution in [2.75, 3.05) is 27.2 Å². The Balaban J connectivity index is 3.87. The number of hydrogen-bond donors (Lipinski definition) is 2. The minimum absolute atomic E-state index is 0.159. The lowest BCUT2D eigenvalue weighted by molar-refractivity contribution is -0.121. The Kier molecular flexibility index (Phi) is 9.02. The van der Waals surface area contributed by atoms with Gasteiger partial charge >= 0.3 is 0 Å². The second-order valence-electron chi connectivity index (χ2n) is 5.74. The maximum absolute atomic E-state index is 11.7. The van der Waals surface area contributed by atoms with Crippen molar-refractivity contribution in [2.45, 2.75) is 46.1 Å². The Hall–Kier alpha value is -0.610. The zero-order chi connectivity index (χ0) is 14.1. The lowest BCUT2D eigenvalue weighted by Crippen LogP contribution is -2.38. The molecule has 0 aliphatic carbocycles. The third kappa shape index (κ3) is 7.67. The molecule has 4 nitrogen and oxygen atoms in total. The summed E-state index contributed by atoms with van der Waals surface area (Å²) in [6.07, 6.45) is 2.57. The van der Waals surface area contributed by atoms with Crippen LogP contribution in [0.15, 0.2) is 0 Å². The van der Waals surface area contributed by atoms with E-state index in [0.29, 0.717) is 30.8 Å². The number of nitrogens with zero attached hydrogens (tertiary/aromatic N) is 1. The van der Waals surface area contributed by atoms with Crippen molar-refractivity contribution in [1.82, 2.24) is 10.2 Å². The van der Waals surface area contributed by atoms with Crippen LogP contribution in [0, 0.1) is 11.8 Å². The average Bonchev–Trinajstić information content (AvgIpc) is 2.30. The first-order valence-corrected chi connectivity index (χ1v) is 7.01. The van der Waals surface area contributed by atoms with E-state index in [-0.39, 0.29) is 5.91 Å². The van der Waals surface area contributed by atoms with E-state index < -0.39 is 0 Å². The molecule has 0 aliphatic heterocycles. The van der Waals surface area contributed by atoms with Gasteiger partial charge in [-0.2, -0.15) is 0 Å². The molecule has 0 heterocycles. The molecule has 0 aromatic heterocycles. The van der Waals surface area contributed by atoms with Gasteiger partial charge in [0.15, 0.2) is 0 Å². The molecule has 4 heteroatoms. The first-order chi connectivity index (χ1) is 8.38. The van der Waals surface area contributed by atoms with Gasteiger partial charge in [0.1, 0.15) is 0 Å². The van der Waals surface area contributed by atoms with Gasteiger partial charge in [-0.3, -0.25) is 4.79 Å². The Labute approximate surface area is 112 Å². The van der Waals surface area contributed by atoms with Crippen LogP contribution < -0.4 is 11.1 Å². The number of amides is 1. The average molecular weight is 257 g/mol. The molecule has 0 fully saturated rings. The van der Waals surface area contributed by atoms with Gasteiger partial charge in [-0.1, -0.05) is 13.8 Å². The lowest BCUT2D eigenvalue weighted by atomic mass is 9.88. The molecule has 0 spiro atoms. The van der Waals surface area contributed by atoms with Gasteiger partial charge in [-0.25, -0.2) is 0 Å². The van der Waals surface area contributed by atoms with Crippen molar-refractivity contribution >= 4 is 5.91 Å². The minimum atomic E-state index is 0.159. The third-order valence-corrected chi connectivity index (χ3v) is 3.70. The number of carbonyl (C=O) groups excluding carboxylic acids is 1. The molecule has 108 valence electrons. The van der Waals surface area contributed by atoms with Crippen LogP contribution in [0.25, 0.3) is 0 Å². The summed E-state index contributed by atoms with van der Waals surface area (Å²) in [4.78, 5) is 13.8. The normalized spacial score (nSPS) is 14.9. The predicted octanol–water partition coefficient (Wildman–Crippen LogP) is 1.45. The molecular formula is C14H31N3O. The fourth-order valence-electron chi connectivity index (χ4n) is 1.87. The van der Waals surface area contributed by atoms with Crippen LogP contribution in [-0.4, -0.2) is 44.0 Å². The van der Waals surface area contributed by atoms with Gasteiger partial charge in [0.05, 0.1) is 0 Å². The van der Waals surface area contributed by atoms with Crippen LogP contribution in [0.1, 0.15) is 40.0 Å². The molecular weight excluding hydrogens is 226 g/mol. The zero-order valence-electron chi connectivity index (χ0n) is 12.7. The van der Waals surface area contributed by atoms with Crippen LogP contribution in [0.3, 0.4) is 0 Å². The monoisotopic (exact) mass is 257 g/mol. The van der Waals surface area contributed by atoms with E-state index in [9.17, 15) is 4.79 Å². The Bertz CT molecular complexity index is 229. The molecule has 0 rings (SSSR count). The van der Waals surface area contributed by atoms with Crippen LogP contribution in [-0.2, 0) is 4.79 Å². The highest BCUT2D eigenvalue weighted by Gasteiger charge is 2.14. The van der Waals surface area contributed by atoms with Crippen molar-refractivity contribution in [3.63, 3.8) is 0 Å². The lowest BCUT2D eigenvalue weighted by Gasteiger charge is -2.21. The Morgan fingerprint density at radius 3 is 2.28 bits per heavy atom. The predicted molar refractivity (Wildman–Crippen MR) is 77.4 cm³/mol. The van der Waals surface area contributed by atoms with Gasteiger partial charge in [0.2, 0.25) is 5.91 Å². The van der Waals surface area contributed by atoms with E-state index in [0.717, 1.165) is 19.4 Å². The molecule has 0 aromatic rings. The Morgan fingerprint density at radius 2 is 1.83 bits per heavy atom. The third-order valence-electron chi connectivity index (χ3n) is 3.70. The Morgan fingerprint density at radius 1 is 1.22 bits per heavy atom. The van der Waals surface area contributed by atoms with Crippen molar-refractivity contribution < 1.29 is 4.79 Å². The molecule has 0 bridgehead atoms. The highest BCUT2D eigenvalue weighted by Crippen LogP contribution is 2.20. The second-order valence-corrected chi connectivity index (χ2v) is 5.74. The summed E-state index contributed by atoms with van der Waals surface area (Å²) in [6, 6.07) is 0.374. The summed E-state index contributed by atoms with van der Waals surface area (Å²) in [7, 11) is 4.04. The molecule has 2 unspecified atom stereocenters. The van der Waals surface area contributed by atoms with E-state index in [1.54, 1.807) is 0 Å². The molecule has 0 aromatic carbocycles. The van der Waals surface area contributed by atoms with Gasteiger partial charge in [0.25, 0.3) is 0 Å². The standard InChI is InChI=1S/C14H31N3O/c1-11(2)13(8-9-15)6-7-14(18)16-10-12(3)17(4)5/h11-13H,6-10,15H2,1-5H3,(H,16,18). The van der Waals surface area contributed by atoms with E-state index >= 15 is 0 Å².